The van der Waals surface area contributed by atoms with Crippen LogP contribution in [-0.2, 0) is 0 Å². The Balaban J connectivity index is 2.54. The monoisotopic (exact) mass is 286 g/mol. The summed E-state index contributed by atoms with van der Waals surface area (Å²) >= 11 is 1.96. The Labute approximate surface area is 125 Å². The highest BCUT2D eigenvalue weighted by Gasteiger charge is 2.38. The maximum absolute atomic E-state index is 3.60. The average Bonchev–Trinajstić information content (AvgIpc) is 2.35. The quantitative estimate of drug-likeness (QED) is 0.771. The van der Waals surface area contributed by atoms with Crippen LogP contribution in [-0.4, -0.2) is 49.6 Å². The summed E-state index contributed by atoms with van der Waals surface area (Å²) in [7, 11) is 4.45. The lowest BCUT2D eigenvalue weighted by Crippen LogP contribution is -2.52. The molecule has 0 bridgehead atoms. The smallest absolute Gasteiger partial charge is 0.0156 e. The zero-order valence-corrected chi connectivity index (χ0v) is 14.6. The molecule has 0 saturated heterocycles. The molecule has 0 spiro atoms. The van der Waals surface area contributed by atoms with Crippen molar-refractivity contribution in [3.05, 3.63) is 0 Å². The van der Waals surface area contributed by atoms with Crippen LogP contribution in [0.25, 0.3) is 0 Å². The van der Waals surface area contributed by atoms with Gasteiger partial charge in [0.2, 0.25) is 0 Å². The van der Waals surface area contributed by atoms with Gasteiger partial charge in [0.1, 0.15) is 0 Å². The molecule has 0 aromatic rings. The Morgan fingerprint density at radius 2 is 2.11 bits per heavy atom. The lowest BCUT2D eigenvalue weighted by molar-refractivity contribution is 0.0805. The molecule has 0 aromatic heterocycles. The molecule has 114 valence electrons. The summed E-state index contributed by atoms with van der Waals surface area (Å²) in [6, 6.07) is 1.37. The minimum atomic E-state index is 0.445. The van der Waals surface area contributed by atoms with Crippen molar-refractivity contribution in [2.45, 2.75) is 58.5 Å². The predicted molar refractivity (Wildman–Crippen MR) is 89.1 cm³/mol. The highest BCUT2D eigenvalue weighted by molar-refractivity contribution is 7.98. The second-order valence-electron chi connectivity index (χ2n) is 6.98. The van der Waals surface area contributed by atoms with Gasteiger partial charge in [0.05, 0.1) is 0 Å². The first kappa shape index (κ1) is 17.3. The van der Waals surface area contributed by atoms with Gasteiger partial charge in [-0.05, 0) is 63.6 Å². The summed E-state index contributed by atoms with van der Waals surface area (Å²) in [5.74, 6) is 2.08. The molecule has 2 nitrogen and oxygen atoms in total. The van der Waals surface area contributed by atoms with Crippen LogP contribution in [0, 0.1) is 11.3 Å². The third kappa shape index (κ3) is 4.95. The van der Waals surface area contributed by atoms with Crippen molar-refractivity contribution in [2.24, 2.45) is 11.3 Å². The molecule has 1 N–H and O–H groups in total. The van der Waals surface area contributed by atoms with Crippen LogP contribution < -0.4 is 5.32 Å². The number of hydrogen-bond acceptors (Lipinski definition) is 3. The van der Waals surface area contributed by atoms with Gasteiger partial charge in [0.25, 0.3) is 0 Å². The van der Waals surface area contributed by atoms with Gasteiger partial charge in [-0.15, -0.1) is 0 Å². The van der Waals surface area contributed by atoms with Crippen LogP contribution in [0.2, 0.25) is 0 Å². The van der Waals surface area contributed by atoms with E-state index in [4.69, 9.17) is 0 Å². The van der Waals surface area contributed by atoms with E-state index in [1.165, 1.54) is 38.0 Å². The fourth-order valence-electron chi connectivity index (χ4n) is 3.66. The number of nitrogens with zero attached hydrogens (tertiary/aromatic N) is 1. The second kappa shape index (κ2) is 7.90. The largest absolute Gasteiger partial charge is 0.316 e. The van der Waals surface area contributed by atoms with Crippen molar-refractivity contribution in [2.75, 3.05) is 32.6 Å². The average molecular weight is 287 g/mol. The molecule has 1 rings (SSSR count). The minimum Gasteiger partial charge on any atom is -0.316 e. The number of rotatable bonds is 7. The van der Waals surface area contributed by atoms with E-state index < -0.39 is 0 Å². The summed E-state index contributed by atoms with van der Waals surface area (Å²) in [6.45, 7) is 8.47. The molecule has 1 fully saturated rings. The number of thioether (sulfide) groups is 1. The summed E-state index contributed by atoms with van der Waals surface area (Å²) in [5.41, 5.74) is 0.445. The van der Waals surface area contributed by atoms with E-state index >= 15 is 0 Å². The lowest BCUT2D eigenvalue weighted by atomic mass is 9.68. The van der Waals surface area contributed by atoms with Crippen LogP contribution in [0.3, 0.4) is 0 Å². The van der Waals surface area contributed by atoms with E-state index in [0.29, 0.717) is 17.5 Å². The molecule has 3 unspecified atom stereocenters. The van der Waals surface area contributed by atoms with Crippen molar-refractivity contribution in [1.82, 2.24) is 10.2 Å². The molecule has 0 aliphatic heterocycles. The standard InChI is InChI=1S/C16H34N2S/c1-13(9-11-19-6)18(5)12-14-8-7-10-16(2,3)15(14)17-4/h13-15,17H,7-12H2,1-6H3. The van der Waals surface area contributed by atoms with Gasteiger partial charge in [-0.3, -0.25) is 0 Å². The fourth-order valence-corrected chi connectivity index (χ4v) is 4.24. The third-order valence-electron chi connectivity index (χ3n) is 5.04. The zero-order chi connectivity index (χ0) is 14.5. The Bertz CT molecular complexity index is 255. The van der Waals surface area contributed by atoms with Crippen molar-refractivity contribution < 1.29 is 0 Å². The molecule has 19 heavy (non-hydrogen) atoms. The van der Waals surface area contributed by atoms with Gasteiger partial charge in [0.15, 0.2) is 0 Å². The molecule has 0 amide bonds. The Morgan fingerprint density at radius 1 is 1.42 bits per heavy atom. The first-order valence-corrected chi connectivity index (χ1v) is 9.18. The van der Waals surface area contributed by atoms with Gasteiger partial charge in [-0.25, -0.2) is 0 Å². The normalized spacial score (nSPS) is 28.6. The van der Waals surface area contributed by atoms with Gasteiger partial charge >= 0.3 is 0 Å². The molecular weight excluding hydrogens is 252 g/mol. The maximum Gasteiger partial charge on any atom is 0.0156 e. The Morgan fingerprint density at radius 3 is 2.68 bits per heavy atom. The van der Waals surface area contributed by atoms with Crippen LogP contribution >= 0.6 is 11.8 Å². The van der Waals surface area contributed by atoms with Crippen LogP contribution in [0.15, 0.2) is 0 Å². The predicted octanol–water partition coefficient (Wildman–Crippen LogP) is 3.47. The van der Waals surface area contributed by atoms with Gasteiger partial charge in [0, 0.05) is 18.6 Å². The SMILES string of the molecule is CNC1C(CN(C)C(C)CCSC)CCCC1(C)C. The van der Waals surface area contributed by atoms with Crippen LogP contribution in [0.4, 0.5) is 0 Å². The number of nitrogens with one attached hydrogen (secondary N) is 1. The first-order valence-electron chi connectivity index (χ1n) is 7.78. The maximum atomic E-state index is 3.60. The summed E-state index contributed by atoms with van der Waals surface area (Å²) in [4.78, 5) is 2.58. The molecule has 0 aromatic carbocycles. The van der Waals surface area contributed by atoms with E-state index in [9.17, 15) is 0 Å². The second-order valence-corrected chi connectivity index (χ2v) is 7.96. The van der Waals surface area contributed by atoms with Crippen molar-refractivity contribution in [3.63, 3.8) is 0 Å². The molecule has 3 heteroatoms. The van der Waals surface area contributed by atoms with E-state index in [0.717, 1.165) is 5.92 Å². The number of hydrogen-bond donors (Lipinski definition) is 1. The van der Waals surface area contributed by atoms with Crippen LogP contribution in [0.5, 0.6) is 0 Å². The van der Waals surface area contributed by atoms with Crippen molar-refractivity contribution in [1.29, 1.82) is 0 Å². The van der Waals surface area contributed by atoms with Gasteiger partial charge in [-0.1, -0.05) is 20.3 Å². The molecule has 1 aliphatic rings. The Hall–Kier alpha value is 0.270. The Kier molecular flexibility index (Phi) is 7.20. The summed E-state index contributed by atoms with van der Waals surface area (Å²) in [6.07, 6.45) is 7.64. The van der Waals surface area contributed by atoms with E-state index in [-0.39, 0.29) is 0 Å². The summed E-state index contributed by atoms with van der Waals surface area (Å²) < 4.78 is 0. The van der Waals surface area contributed by atoms with Gasteiger partial charge < -0.3 is 10.2 Å². The van der Waals surface area contributed by atoms with E-state index in [1.54, 1.807) is 0 Å². The van der Waals surface area contributed by atoms with Crippen LogP contribution in [0.1, 0.15) is 46.5 Å². The molecule has 0 radical (unpaired) electrons. The van der Waals surface area contributed by atoms with E-state index in [1.807, 2.05) is 11.8 Å². The fraction of sp³-hybridized carbons (Fsp3) is 1.00. The highest BCUT2D eigenvalue weighted by atomic mass is 32.2. The topological polar surface area (TPSA) is 15.3 Å². The molecule has 0 heterocycles. The zero-order valence-electron chi connectivity index (χ0n) is 13.8. The minimum absolute atomic E-state index is 0.445. The molecule has 1 aliphatic carbocycles. The van der Waals surface area contributed by atoms with E-state index in [2.05, 4.69) is 51.3 Å². The molecule has 3 atom stereocenters. The van der Waals surface area contributed by atoms with Gasteiger partial charge in [-0.2, -0.15) is 11.8 Å². The summed E-state index contributed by atoms with van der Waals surface area (Å²) in [5, 5.41) is 3.60. The van der Waals surface area contributed by atoms with Crippen molar-refractivity contribution in [3.8, 4) is 0 Å². The lowest BCUT2D eigenvalue weighted by Gasteiger charge is -2.45. The third-order valence-corrected chi connectivity index (χ3v) is 5.68. The first-order chi connectivity index (χ1) is 8.92. The molecular formula is C16H34N2S. The highest BCUT2D eigenvalue weighted by Crippen LogP contribution is 2.39. The molecule has 1 saturated carbocycles. The van der Waals surface area contributed by atoms with Crippen molar-refractivity contribution >= 4 is 11.8 Å².